The van der Waals surface area contributed by atoms with Crippen LogP contribution in [-0.2, 0) is 16.8 Å². The van der Waals surface area contributed by atoms with Crippen molar-refractivity contribution in [2.75, 3.05) is 7.05 Å². The van der Waals surface area contributed by atoms with Gasteiger partial charge in [0.15, 0.2) is 11.5 Å². The topological polar surface area (TPSA) is 67.9 Å². The zero-order chi connectivity index (χ0) is 21.3. The summed E-state index contributed by atoms with van der Waals surface area (Å²) in [6, 6.07) is 8.86. The zero-order valence-corrected chi connectivity index (χ0v) is 16.4. The monoisotopic (exact) mass is 405 g/mol. The standard InChI is InChI=1S/C21H22F3N3O2/c1-4-5-13-11-15(6-8-16(13)22)21(18(28)27(3)20(25)26-21)14-7-9-17(12(2)10-14)29-19(23)24/h6-11,19H,4-5H2,1-3H3,(H2,25,26). The van der Waals surface area contributed by atoms with E-state index < -0.39 is 18.1 Å². The van der Waals surface area contributed by atoms with Crippen LogP contribution in [0.4, 0.5) is 13.2 Å². The van der Waals surface area contributed by atoms with Crippen molar-refractivity contribution in [2.45, 2.75) is 38.8 Å². The van der Waals surface area contributed by atoms with Crippen molar-refractivity contribution in [2.24, 2.45) is 10.7 Å². The summed E-state index contributed by atoms with van der Waals surface area (Å²) < 4.78 is 43.9. The van der Waals surface area contributed by atoms with Crippen molar-refractivity contribution in [1.29, 1.82) is 0 Å². The molecule has 1 atom stereocenters. The van der Waals surface area contributed by atoms with Crippen molar-refractivity contribution in [1.82, 2.24) is 4.90 Å². The quantitative estimate of drug-likeness (QED) is 0.797. The van der Waals surface area contributed by atoms with Gasteiger partial charge < -0.3 is 10.5 Å². The molecule has 1 amide bonds. The maximum Gasteiger partial charge on any atom is 0.387 e. The van der Waals surface area contributed by atoms with Crippen LogP contribution in [-0.4, -0.2) is 30.4 Å². The number of amides is 1. The Morgan fingerprint density at radius 3 is 2.41 bits per heavy atom. The first-order valence-corrected chi connectivity index (χ1v) is 9.19. The number of ether oxygens (including phenoxy) is 1. The van der Waals surface area contributed by atoms with Gasteiger partial charge in [-0.05, 0) is 59.9 Å². The molecule has 1 aliphatic rings. The third-order valence-corrected chi connectivity index (χ3v) is 5.03. The third kappa shape index (κ3) is 3.54. The van der Waals surface area contributed by atoms with E-state index in [2.05, 4.69) is 9.73 Å². The maximum atomic E-state index is 14.2. The van der Waals surface area contributed by atoms with Crippen LogP contribution in [0.15, 0.2) is 41.4 Å². The number of benzene rings is 2. The summed E-state index contributed by atoms with van der Waals surface area (Å²) in [6.45, 7) is 0.561. The number of aryl methyl sites for hydroxylation is 2. The van der Waals surface area contributed by atoms with Gasteiger partial charge in [0.05, 0.1) is 0 Å². The molecule has 0 bridgehead atoms. The number of hydrogen-bond donors (Lipinski definition) is 1. The molecule has 0 aromatic heterocycles. The average Bonchev–Trinajstić information content (AvgIpc) is 2.90. The summed E-state index contributed by atoms with van der Waals surface area (Å²) in [5.41, 5.74) is 6.18. The molecular formula is C21H22F3N3O2. The van der Waals surface area contributed by atoms with Crippen molar-refractivity contribution in [3.8, 4) is 5.75 Å². The van der Waals surface area contributed by atoms with Crippen molar-refractivity contribution < 1.29 is 22.7 Å². The number of carbonyl (C=O) groups excluding carboxylic acids is 1. The second-order valence-electron chi connectivity index (χ2n) is 6.96. The van der Waals surface area contributed by atoms with Gasteiger partial charge in [-0.15, -0.1) is 0 Å². The minimum atomic E-state index is -2.96. The largest absolute Gasteiger partial charge is 0.435 e. The molecule has 0 aliphatic carbocycles. The number of halogens is 3. The van der Waals surface area contributed by atoms with Crippen LogP contribution >= 0.6 is 0 Å². The van der Waals surface area contributed by atoms with Gasteiger partial charge in [-0.1, -0.05) is 25.5 Å². The lowest BCUT2D eigenvalue weighted by Gasteiger charge is -2.27. The Balaban J connectivity index is 2.21. The molecular weight excluding hydrogens is 383 g/mol. The maximum absolute atomic E-state index is 14.2. The molecule has 0 saturated heterocycles. The molecule has 0 spiro atoms. The van der Waals surface area contributed by atoms with E-state index in [1.54, 1.807) is 19.1 Å². The van der Waals surface area contributed by atoms with Gasteiger partial charge in [0.25, 0.3) is 5.91 Å². The predicted octanol–water partition coefficient (Wildman–Crippen LogP) is 3.72. The van der Waals surface area contributed by atoms with Crippen LogP contribution in [0.1, 0.15) is 35.6 Å². The van der Waals surface area contributed by atoms with Gasteiger partial charge >= 0.3 is 6.61 Å². The van der Waals surface area contributed by atoms with Crippen LogP contribution in [0.5, 0.6) is 5.75 Å². The number of alkyl halides is 2. The summed E-state index contributed by atoms with van der Waals surface area (Å²) in [5.74, 6) is -0.758. The second kappa shape index (κ2) is 7.77. The molecule has 2 aromatic rings. The molecule has 1 aliphatic heterocycles. The smallest absolute Gasteiger partial charge is 0.387 e. The Morgan fingerprint density at radius 2 is 1.86 bits per heavy atom. The summed E-state index contributed by atoms with van der Waals surface area (Å²) >= 11 is 0. The van der Waals surface area contributed by atoms with Gasteiger partial charge in [-0.3, -0.25) is 9.69 Å². The Labute approximate surface area is 167 Å². The molecule has 1 unspecified atom stereocenters. The SMILES string of the molecule is CCCc1cc(C2(c3ccc(OC(F)F)c(C)c3)N=C(N)N(C)C2=O)ccc1F. The Bertz CT molecular complexity index is 978. The number of aliphatic imine (C=N–C) groups is 1. The molecule has 2 aromatic carbocycles. The first-order valence-electron chi connectivity index (χ1n) is 9.19. The van der Waals surface area contributed by atoms with Gasteiger partial charge in [0.2, 0.25) is 0 Å². The summed E-state index contributed by atoms with van der Waals surface area (Å²) in [7, 11) is 1.50. The lowest BCUT2D eigenvalue weighted by atomic mass is 9.81. The molecule has 3 rings (SSSR count). The highest BCUT2D eigenvalue weighted by Gasteiger charge is 2.49. The average molecular weight is 405 g/mol. The highest BCUT2D eigenvalue weighted by molar-refractivity contribution is 6.08. The van der Waals surface area contributed by atoms with Crippen molar-refractivity contribution in [3.63, 3.8) is 0 Å². The fourth-order valence-corrected chi connectivity index (χ4v) is 3.55. The minimum Gasteiger partial charge on any atom is -0.435 e. The first kappa shape index (κ1) is 20.7. The highest BCUT2D eigenvalue weighted by Crippen LogP contribution is 2.41. The molecule has 0 radical (unpaired) electrons. The van der Waals surface area contributed by atoms with Gasteiger partial charge in [0, 0.05) is 7.05 Å². The summed E-state index contributed by atoms with van der Waals surface area (Å²) in [6.07, 6.45) is 1.23. The van der Waals surface area contributed by atoms with Crippen LogP contribution in [0, 0.1) is 12.7 Å². The molecule has 154 valence electrons. The summed E-state index contributed by atoms with van der Waals surface area (Å²) in [4.78, 5) is 18.9. The molecule has 0 saturated carbocycles. The van der Waals surface area contributed by atoms with E-state index >= 15 is 0 Å². The third-order valence-electron chi connectivity index (χ3n) is 5.03. The number of nitrogens with zero attached hydrogens (tertiary/aromatic N) is 2. The van der Waals surface area contributed by atoms with Crippen LogP contribution in [0.25, 0.3) is 0 Å². The summed E-state index contributed by atoms with van der Waals surface area (Å²) in [5, 5.41) is 0. The lowest BCUT2D eigenvalue weighted by molar-refractivity contribution is -0.129. The van der Waals surface area contributed by atoms with Crippen molar-refractivity contribution in [3.05, 3.63) is 64.5 Å². The normalized spacial score (nSPS) is 19.1. The minimum absolute atomic E-state index is 0.000398. The molecule has 0 fully saturated rings. The van der Waals surface area contributed by atoms with Gasteiger partial charge in [-0.2, -0.15) is 8.78 Å². The van der Waals surface area contributed by atoms with Gasteiger partial charge in [-0.25, -0.2) is 9.38 Å². The van der Waals surface area contributed by atoms with E-state index in [-0.39, 0.29) is 17.5 Å². The van der Waals surface area contributed by atoms with Crippen LogP contribution in [0.2, 0.25) is 0 Å². The van der Waals surface area contributed by atoms with Gasteiger partial charge in [0.1, 0.15) is 11.6 Å². The van der Waals surface area contributed by atoms with Crippen LogP contribution in [0.3, 0.4) is 0 Å². The molecule has 2 N–H and O–H groups in total. The van der Waals surface area contributed by atoms with E-state index in [1.807, 2.05) is 6.92 Å². The number of carbonyl (C=O) groups is 1. The highest BCUT2D eigenvalue weighted by atomic mass is 19.3. The number of guanidine groups is 1. The van der Waals surface area contributed by atoms with Crippen LogP contribution < -0.4 is 10.5 Å². The molecule has 29 heavy (non-hydrogen) atoms. The van der Waals surface area contributed by atoms with E-state index in [4.69, 9.17) is 5.73 Å². The number of rotatable bonds is 6. The second-order valence-corrected chi connectivity index (χ2v) is 6.96. The fourth-order valence-electron chi connectivity index (χ4n) is 3.55. The Kier molecular flexibility index (Phi) is 5.55. The Morgan fingerprint density at radius 1 is 1.21 bits per heavy atom. The van der Waals surface area contributed by atoms with Crippen molar-refractivity contribution >= 4 is 11.9 Å². The zero-order valence-electron chi connectivity index (χ0n) is 16.4. The fraction of sp³-hybridized carbons (Fsp3) is 0.333. The predicted molar refractivity (Wildman–Crippen MR) is 103 cm³/mol. The van der Waals surface area contributed by atoms with E-state index in [1.165, 1.54) is 36.2 Å². The van der Waals surface area contributed by atoms with E-state index in [9.17, 15) is 18.0 Å². The Hall–Kier alpha value is -3.03. The first-order chi connectivity index (χ1) is 13.7. The number of nitrogens with two attached hydrogens (primary N) is 1. The van der Waals surface area contributed by atoms with E-state index in [0.29, 0.717) is 28.7 Å². The molecule has 1 heterocycles. The number of hydrogen-bond acceptors (Lipinski definition) is 4. The molecule has 8 heteroatoms. The number of likely N-dealkylation sites (N-methyl/N-ethyl adjacent to an activating group) is 1. The molecule has 5 nitrogen and oxygen atoms in total. The lowest BCUT2D eigenvalue weighted by Crippen LogP contribution is -2.41. The van der Waals surface area contributed by atoms with E-state index in [0.717, 1.165) is 6.42 Å².